The second-order valence-corrected chi connectivity index (χ2v) is 0.204. The van der Waals surface area contributed by atoms with Crippen LogP contribution in [0, 0.1) is 0 Å². The molecule has 0 amide bonds. The molecule has 35 valence electrons. The summed E-state index contributed by atoms with van der Waals surface area (Å²) in [6.45, 7) is 0. The SMILES string of the molecule is O=S=O.[Ag].[Se]. The molecule has 0 saturated carbocycles. The van der Waals surface area contributed by atoms with Gasteiger partial charge in [0.05, 0.1) is 0 Å². The van der Waals surface area contributed by atoms with Crippen molar-refractivity contribution in [2.75, 3.05) is 0 Å². The van der Waals surface area contributed by atoms with E-state index in [-0.39, 0.29) is 39.4 Å². The Morgan fingerprint density at radius 3 is 1.20 bits per heavy atom. The van der Waals surface area contributed by atoms with Crippen molar-refractivity contribution in [3.05, 3.63) is 0 Å². The maximum atomic E-state index is 8.29. The van der Waals surface area contributed by atoms with Crippen LogP contribution in [0.1, 0.15) is 0 Å². The van der Waals surface area contributed by atoms with E-state index in [9.17, 15) is 0 Å². The zero-order valence-electron chi connectivity index (χ0n) is 1.93. The molecule has 0 aliphatic rings. The smallest absolute Gasteiger partial charge is 0.168 e. The minimum absolute atomic E-state index is 0. The molecule has 0 aromatic rings. The van der Waals surface area contributed by atoms with Crippen molar-refractivity contribution in [2.24, 2.45) is 0 Å². The van der Waals surface area contributed by atoms with E-state index in [4.69, 9.17) is 8.42 Å². The summed E-state index contributed by atoms with van der Waals surface area (Å²) in [5, 5.41) is 0. The molecule has 0 atom stereocenters. The Morgan fingerprint density at radius 2 is 1.20 bits per heavy atom. The van der Waals surface area contributed by atoms with Crippen LogP contribution >= 0.6 is 0 Å². The third-order valence-electron chi connectivity index (χ3n) is 0. The van der Waals surface area contributed by atoms with Gasteiger partial charge in [0.1, 0.15) is 0 Å². The van der Waals surface area contributed by atoms with Crippen molar-refractivity contribution < 1.29 is 30.8 Å². The van der Waals surface area contributed by atoms with Gasteiger partial charge in [-0.05, 0) is 0 Å². The van der Waals surface area contributed by atoms with Crippen molar-refractivity contribution >= 4 is 28.6 Å². The second kappa shape index (κ2) is 19.5. The van der Waals surface area contributed by atoms with Crippen LogP contribution in [0.5, 0.6) is 0 Å². The minimum atomic E-state index is -0.750. The summed E-state index contributed by atoms with van der Waals surface area (Å²) in [6.07, 6.45) is 0. The summed E-state index contributed by atoms with van der Waals surface area (Å²) >= 11 is -0.750. The fourth-order valence-corrected chi connectivity index (χ4v) is 0. The molecular weight excluding hydrogens is 251 g/mol. The zero-order valence-corrected chi connectivity index (χ0v) is 5.95. The first-order valence-electron chi connectivity index (χ1n) is 0.333. The molecule has 0 aliphatic heterocycles. The second-order valence-electron chi connectivity index (χ2n) is 0.0680. The number of hydrogen-bond donors (Lipinski definition) is 0. The average molecular weight is 251 g/mol. The normalized spacial score (nSPS) is 2.40. The molecule has 5 heteroatoms. The molecule has 0 spiro atoms. The summed E-state index contributed by atoms with van der Waals surface area (Å²) in [6, 6.07) is 0. The molecule has 5 heavy (non-hydrogen) atoms. The van der Waals surface area contributed by atoms with Crippen LogP contribution in [0.3, 0.4) is 0 Å². The molecule has 0 aliphatic carbocycles. The standard InChI is InChI=1S/Ag.O2S.Se/c;1-3-2;. The molecule has 0 fully saturated rings. The maximum absolute atomic E-state index is 8.29. The monoisotopic (exact) mass is 251 g/mol. The van der Waals surface area contributed by atoms with E-state index >= 15 is 0 Å². The van der Waals surface area contributed by atoms with Crippen molar-refractivity contribution in [3.8, 4) is 0 Å². The van der Waals surface area contributed by atoms with Crippen molar-refractivity contribution in [1.82, 2.24) is 0 Å². The molecule has 3 radical (unpaired) electrons. The molecule has 2 nitrogen and oxygen atoms in total. The van der Waals surface area contributed by atoms with Crippen LogP contribution in [0.25, 0.3) is 0 Å². The predicted molar refractivity (Wildman–Crippen MR) is 14.7 cm³/mol. The fourth-order valence-electron chi connectivity index (χ4n) is 0. The molecule has 0 aromatic carbocycles. The van der Waals surface area contributed by atoms with Gasteiger partial charge in [-0.2, -0.15) is 8.42 Å². The van der Waals surface area contributed by atoms with Gasteiger partial charge < -0.3 is 0 Å². The molecule has 0 bridgehead atoms. The third-order valence-corrected chi connectivity index (χ3v) is 0. The van der Waals surface area contributed by atoms with Crippen LogP contribution in [0.2, 0.25) is 0 Å². The van der Waals surface area contributed by atoms with E-state index in [0.29, 0.717) is 0 Å². The first kappa shape index (κ1) is 16.5. The summed E-state index contributed by atoms with van der Waals surface area (Å²) in [5.41, 5.74) is 0. The molecule has 0 rings (SSSR count). The summed E-state index contributed by atoms with van der Waals surface area (Å²) in [4.78, 5) is 0. The van der Waals surface area contributed by atoms with Gasteiger partial charge in [-0.3, -0.25) is 0 Å². The van der Waals surface area contributed by atoms with Crippen molar-refractivity contribution in [2.45, 2.75) is 0 Å². The Balaban J connectivity index is -0.0000000200. The van der Waals surface area contributed by atoms with E-state index in [0.717, 1.165) is 0 Å². The van der Waals surface area contributed by atoms with Crippen LogP contribution < -0.4 is 0 Å². The molecule has 0 heterocycles. The van der Waals surface area contributed by atoms with E-state index in [1.165, 1.54) is 0 Å². The quantitative estimate of drug-likeness (QED) is 0.514. The van der Waals surface area contributed by atoms with Crippen LogP contribution in [-0.4, -0.2) is 25.5 Å². The number of hydrogen-bond acceptors (Lipinski definition) is 2. The Kier molecular flexibility index (Phi) is 64.7. The Hall–Kier alpha value is 1.08. The summed E-state index contributed by atoms with van der Waals surface area (Å²) < 4.78 is 16.6. The van der Waals surface area contributed by atoms with Crippen LogP contribution in [0.4, 0.5) is 0 Å². The van der Waals surface area contributed by atoms with Crippen molar-refractivity contribution in [1.29, 1.82) is 0 Å². The van der Waals surface area contributed by atoms with Gasteiger partial charge in [0, 0.05) is 39.4 Å². The molecule has 0 aromatic heterocycles. The van der Waals surface area contributed by atoms with Crippen LogP contribution in [0.15, 0.2) is 0 Å². The minimum Gasteiger partial charge on any atom is -0.168 e. The fraction of sp³-hybridized carbons (Fsp3) is 0. The zero-order chi connectivity index (χ0) is 2.71. The molecule has 0 N–H and O–H groups in total. The Morgan fingerprint density at radius 1 is 1.20 bits per heavy atom. The molecular formula is AgO2SSe. The van der Waals surface area contributed by atoms with Gasteiger partial charge in [0.25, 0.3) is 0 Å². The summed E-state index contributed by atoms with van der Waals surface area (Å²) in [7, 11) is 0. The average Bonchev–Trinajstić information content (AvgIpc) is 0.918. The first-order valence-corrected chi connectivity index (χ1v) is 1.00. The van der Waals surface area contributed by atoms with E-state index < -0.39 is 11.6 Å². The topological polar surface area (TPSA) is 34.1 Å². The Bertz CT molecular complexity index is 30.6. The van der Waals surface area contributed by atoms with Gasteiger partial charge in [-0.1, -0.05) is 0 Å². The Labute approximate surface area is 59.3 Å². The molecule has 0 unspecified atom stereocenters. The summed E-state index contributed by atoms with van der Waals surface area (Å²) in [5.74, 6) is 0. The van der Waals surface area contributed by atoms with Gasteiger partial charge >= 0.3 is 11.6 Å². The number of rotatable bonds is 0. The van der Waals surface area contributed by atoms with Gasteiger partial charge in [-0.25, -0.2) is 0 Å². The van der Waals surface area contributed by atoms with Crippen molar-refractivity contribution in [3.63, 3.8) is 0 Å². The maximum Gasteiger partial charge on any atom is 0.335 e. The van der Waals surface area contributed by atoms with Gasteiger partial charge in [0.15, 0.2) is 0 Å². The first-order chi connectivity index (χ1) is 1.41. The van der Waals surface area contributed by atoms with E-state index in [2.05, 4.69) is 0 Å². The van der Waals surface area contributed by atoms with E-state index in [1.807, 2.05) is 0 Å². The van der Waals surface area contributed by atoms with E-state index in [1.54, 1.807) is 0 Å². The van der Waals surface area contributed by atoms with Crippen LogP contribution in [-0.2, 0) is 34.0 Å². The van der Waals surface area contributed by atoms with Gasteiger partial charge in [-0.15, -0.1) is 0 Å². The largest absolute Gasteiger partial charge is 0.335 e. The third kappa shape index (κ3) is 41.3. The van der Waals surface area contributed by atoms with Gasteiger partial charge in [0.2, 0.25) is 0 Å². The predicted octanol–water partition coefficient (Wildman–Crippen LogP) is -1.05. The molecule has 0 saturated heterocycles.